The average molecular weight is 315 g/mol. The van der Waals surface area contributed by atoms with Gasteiger partial charge < -0.3 is 10.2 Å². The predicted molar refractivity (Wildman–Crippen MR) is 88.8 cm³/mol. The minimum atomic E-state index is -0.148. The molecular formula is C18H25N3O2. The van der Waals surface area contributed by atoms with Crippen LogP contribution in [0.1, 0.15) is 36.9 Å². The summed E-state index contributed by atoms with van der Waals surface area (Å²) in [5.74, 6) is 0.307. The van der Waals surface area contributed by atoms with Gasteiger partial charge in [-0.1, -0.05) is 12.1 Å². The lowest BCUT2D eigenvalue weighted by atomic mass is 9.91. The quantitative estimate of drug-likeness (QED) is 0.889. The zero-order valence-electron chi connectivity index (χ0n) is 13.6. The summed E-state index contributed by atoms with van der Waals surface area (Å²) in [4.78, 5) is 2.44. The Morgan fingerprint density at radius 2 is 1.96 bits per heavy atom. The number of aryl methyl sites for hydroxylation is 1. The average Bonchev–Trinajstić information content (AvgIpc) is 2.93. The summed E-state index contributed by atoms with van der Waals surface area (Å²) in [6, 6.07) is 9.97. The molecule has 23 heavy (non-hydrogen) atoms. The fourth-order valence-electron chi connectivity index (χ4n) is 3.39. The number of benzene rings is 1. The molecule has 0 aliphatic heterocycles. The zero-order valence-corrected chi connectivity index (χ0v) is 13.6. The Labute approximate surface area is 137 Å². The first kappa shape index (κ1) is 16.0. The van der Waals surface area contributed by atoms with Gasteiger partial charge in [0.2, 0.25) is 0 Å². The van der Waals surface area contributed by atoms with Crippen LogP contribution in [0.5, 0.6) is 5.75 Å². The van der Waals surface area contributed by atoms with Gasteiger partial charge in [-0.25, -0.2) is 0 Å². The van der Waals surface area contributed by atoms with Crippen LogP contribution in [0.4, 0.5) is 0 Å². The van der Waals surface area contributed by atoms with Crippen molar-refractivity contribution in [3.8, 4) is 5.75 Å². The maximum absolute atomic E-state index is 9.77. The Bertz CT molecular complexity index is 633. The summed E-state index contributed by atoms with van der Waals surface area (Å²) in [6.07, 6.45) is 5.44. The van der Waals surface area contributed by atoms with Crippen LogP contribution in [-0.2, 0) is 20.1 Å². The number of aliphatic hydroxyl groups excluding tert-OH is 1. The van der Waals surface area contributed by atoms with Crippen LogP contribution in [0.2, 0.25) is 0 Å². The Morgan fingerprint density at radius 1 is 1.17 bits per heavy atom. The molecule has 3 rings (SSSR count). The highest BCUT2D eigenvalue weighted by molar-refractivity contribution is 5.27. The summed E-state index contributed by atoms with van der Waals surface area (Å²) in [7, 11) is 1.96. The van der Waals surface area contributed by atoms with Crippen LogP contribution in [0.3, 0.4) is 0 Å². The minimum absolute atomic E-state index is 0.148. The van der Waals surface area contributed by atoms with Gasteiger partial charge in [0, 0.05) is 32.4 Å². The molecule has 0 amide bonds. The summed E-state index contributed by atoms with van der Waals surface area (Å²) >= 11 is 0. The highest BCUT2D eigenvalue weighted by Gasteiger charge is 2.25. The number of phenols is 1. The lowest BCUT2D eigenvalue weighted by molar-refractivity contribution is 0.0654. The van der Waals surface area contributed by atoms with Crippen molar-refractivity contribution in [2.45, 2.75) is 50.9 Å². The van der Waals surface area contributed by atoms with E-state index in [4.69, 9.17) is 0 Å². The van der Waals surface area contributed by atoms with E-state index in [2.05, 4.69) is 10.00 Å². The van der Waals surface area contributed by atoms with E-state index in [0.29, 0.717) is 11.8 Å². The van der Waals surface area contributed by atoms with Gasteiger partial charge in [-0.2, -0.15) is 5.10 Å². The molecule has 0 radical (unpaired) electrons. The second-order valence-corrected chi connectivity index (χ2v) is 6.48. The van der Waals surface area contributed by atoms with Crippen molar-refractivity contribution in [3.05, 3.63) is 47.8 Å². The molecule has 1 heterocycles. The number of rotatable bonds is 5. The highest BCUT2D eigenvalue weighted by Crippen LogP contribution is 2.26. The monoisotopic (exact) mass is 315 g/mol. The van der Waals surface area contributed by atoms with Crippen LogP contribution in [0, 0.1) is 0 Å². The van der Waals surface area contributed by atoms with Gasteiger partial charge in [-0.3, -0.25) is 9.58 Å². The third-order valence-corrected chi connectivity index (χ3v) is 4.77. The van der Waals surface area contributed by atoms with Gasteiger partial charge in [0.25, 0.3) is 0 Å². The summed E-state index contributed by atoms with van der Waals surface area (Å²) in [5, 5.41) is 23.7. The van der Waals surface area contributed by atoms with Crippen molar-refractivity contribution in [2.24, 2.45) is 7.05 Å². The molecular weight excluding hydrogens is 290 g/mol. The van der Waals surface area contributed by atoms with E-state index in [1.54, 1.807) is 6.07 Å². The molecule has 124 valence electrons. The summed E-state index contributed by atoms with van der Waals surface area (Å²) < 4.78 is 1.91. The molecule has 1 fully saturated rings. The van der Waals surface area contributed by atoms with Crippen LogP contribution in [-0.4, -0.2) is 37.0 Å². The summed E-state index contributed by atoms with van der Waals surface area (Å²) in [6.45, 7) is 1.62. The smallest absolute Gasteiger partial charge is 0.115 e. The molecule has 5 nitrogen and oxygen atoms in total. The molecule has 0 spiro atoms. The Hall–Kier alpha value is -1.85. The first-order valence-electron chi connectivity index (χ1n) is 8.28. The summed E-state index contributed by atoms with van der Waals surface area (Å²) in [5.41, 5.74) is 2.29. The van der Waals surface area contributed by atoms with E-state index in [0.717, 1.165) is 44.3 Å². The predicted octanol–water partition coefficient (Wildman–Crippen LogP) is 2.43. The number of hydrogen-bond donors (Lipinski definition) is 2. The number of hydrogen-bond acceptors (Lipinski definition) is 4. The third kappa shape index (κ3) is 4.12. The van der Waals surface area contributed by atoms with Crippen molar-refractivity contribution in [3.63, 3.8) is 0 Å². The van der Waals surface area contributed by atoms with E-state index in [1.807, 2.05) is 42.2 Å². The molecule has 0 atom stereocenters. The molecule has 0 saturated heterocycles. The molecule has 2 aromatic rings. The molecule has 1 aromatic heterocycles. The molecule has 1 aromatic carbocycles. The van der Waals surface area contributed by atoms with Gasteiger partial charge in [-0.15, -0.1) is 0 Å². The SMILES string of the molecule is Cn1nccc1CN(Cc1cccc(O)c1)C1CCC(O)CC1. The zero-order chi connectivity index (χ0) is 16.2. The van der Waals surface area contributed by atoms with E-state index in [1.165, 1.54) is 5.69 Å². The second-order valence-electron chi connectivity index (χ2n) is 6.48. The topological polar surface area (TPSA) is 61.5 Å². The number of aromatic hydroxyl groups is 1. The maximum atomic E-state index is 9.77. The van der Waals surface area contributed by atoms with Gasteiger partial charge in [0.1, 0.15) is 5.75 Å². The van der Waals surface area contributed by atoms with E-state index in [9.17, 15) is 10.2 Å². The van der Waals surface area contributed by atoms with Crippen LogP contribution in [0.15, 0.2) is 36.5 Å². The standard InChI is InChI=1S/C18H25N3O2/c1-20-16(9-10-19-20)13-21(15-5-7-17(22)8-6-15)12-14-3-2-4-18(23)11-14/h2-4,9-11,15,17,22-23H,5-8,12-13H2,1H3. The highest BCUT2D eigenvalue weighted by atomic mass is 16.3. The van der Waals surface area contributed by atoms with Crippen molar-refractivity contribution < 1.29 is 10.2 Å². The third-order valence-electron chi connectivity index (χ3n) is 4.77. The molecule has 1 aliphatic carbocycles. The number of aromatic nitrogens is 2. The van der Waals surface area contributed by atoms with Gasteiger partial charge in [0.05, 0.1) is 11.8 Å². The van der Waals surface area contributed by atoms with Crippen molar-refractivity contribution in [2.75, 3.05) is 0 Å². The lowest BCUT2D eigenvalue weighted by Crippen LogP contribution is -2.38. The van der Waals surface area contributed by atoms with E-state index < -0.39 is 0 Å². The largest absolute Gasteiger partial charge is 0.508 e. The van der Waals surface area contributed by atoms with Crippen molar-refractivity contribution in [1.29, 1.82) is 0 Å². The lowest BCUT2D eigenvalue weighted by Gasteiger charge is -2.35. The van der Waals surface area contributed by atoms with Crippen LogP contribution >= 0.6 is 0 Å². The fraction of sp³-hybridized carbons (Fsp3) is 0.500. The van der Waals surface area contributed by atoms with E-state index >= 15 is 0 Å². The Kier molecular flexibility index (Phi) is 4.98. The first-order valence-corrected chi connectivity index (χ1v) is 8.28. The van der Waals surface area contributed by atoms with Crippen LogP contribution < -0.4 is 0 Å². The first-order chi connectivity index (χ1) is 11.1. The van der Waals surface area contributed by atoms with Crippen molar-refractivity contribution in [1.82, 2.24) is 14.7 Å². The fourth-order valence-corrected chi connectivity index (χ4v) is 3.39. The number of nitrogens with zero attached hydrogens (tertiary/aromatic N) is 3. The normalized spacial score (nSPS) is 21.7. The molecule has 2 N–H and O–H groups in total. The van der Waals surface area contributed by atoms with Gasteiger partial charge in [0.15, 0.2) is 0 Å². The maximum Gasteiger partial charge on any atom is 0.115 e. The van der Waals surface area contributed by atoms with Gasteiger partial charge in [-0.05, 0) is 49.4 Å². The van der Waals surface area contributed by atoms with E-state index in [-0.39, 0.29) is 6.10 Å². The minimum Gasteiger partial charge on any atom is -0.508 e. The van der Waals surface area contributed by atoms with Gasteiger partial charge >= 0.3 is 0 Å². The molecule has 1 aliphatic rings. The Balaban J connectivity index is 1.76. The number of phenolic OH excluding ortho intramolecular Hbond substituents is 1. The molecule has 1 saturated carbocycles. The Morgan fingerprint density at radius 3 is 2.61 bits per heavy atom. The van der Waals surface area contributed by atoms with Crippen molar-refractivity contribution >= 4 is 0 Å². The molecule has 5 heteroatoms. The molecule has 0 unspecified atom stereocenters. The van der Waals surface area contributed by atoms with Crippen LogP contribution in [0.25, 0.3) is 0 Å². The second kappa shape index (κ2) is 7.15. The molecule has 0 bridgehead atoms. The number of aliphatic hydroxyl groups is 1.